The largest absolute Gasteiger partial charge is 0.348 e. The molecule has 0 bridgehead atoms. The van der Waals surface area contributed by atoms with E-state index < -0.39 is 0 Å². The summed E-state index contributed by atoms with van der Waals surface area (Å²) in [4.78, 5) is 14.1. The lowest BCUT2D eigenvalue weighted by Gasteiger charge is -2.18. The quantitative estimate of drug-likeness (QED) is 0.774. The minimum absolute atomic E-state index is 0.0231. The van der Waals surface area contributed by atoms with Crippen LogP contribution in [0.5, 0.6) is 0 Å². The SMILES string of the molecule is CC(CN(C)C)NC(=O)c1cc(Br)ccc1I. The zero-order chi connectivity index (χ0) is 13.0. The van der Waals surface area contributed by atoms with Gasteiger partial charge in [0, 0.05) is 20.6 Å². The first-order chi connectivity index (χ1) is 7.90. The van der Waals surface area contributed by atoms with E-state index in [1.165, 1.54) is 0 Å². The number of hydrogen-bond acceptors (Lipinski definition) is 2. The maximum atomic E-state index is 12.1. The number of likely N-dealkylation sites (N-methyl/N-ethyl adjacent to an activating group) is 1. The first kappa shape index (κ1) is 14.9. The highest BCUT2D eigenvalue weighted by molar-refractivity contribution is 14.1. The molecular formula is C12H16BrIN2O. The van der Waals surface area contributed by atoms with E-state index in [-0.39, 0.29) is 11.9 Å². The van der Waals surface area contributed by atoms with E-state index in [0.717, 1.165) is 14.6 Å². The predicted molar refractivity (Wildman–Crippen MR) is 82.3 cm³/mol. The van der Waals surface area contributed by atoms with Crippen molar-refractivity contribution in [3.63, 3.8) is 0 Å². The third-order valence-electron chi connectivity index (χ3n) is 2.19. The molecule has 0 fully saturated rings. The molecule has 0 aliphatic rings. The minimum Gasteiger partial charge on any atom is -0.348 e. The minimum atomic E-state index is -0.0231. The summed E-state index contributed by atoms with van der Waals surface area (Å²) in [5.41, 5.74) is 0.714. The van der Waals surface area contributed by atoms with Gasteiger partial charge in [0.15, 0.2) is 0 Å². The average molecular weight is 411 g/mol. The van der Waals surface area contributed by atoms with E-state index in [4.69, 9.17) is 0 Å². The van der Waals surface area contributed by atoms with Gasteiger partial charge in [-0.25, -0.2) is 0 Å². The lowest BCUT2D eigenvalue weighted by atomic mass is 10.2. The van der Waals surface area contributed by atoms with Crippen LogP contribution in [0.3, 0.4) is 0 Å². The fourth-order valence-electron chi connectivity index (χ4n) is 1.57. The highest BCUT2D eigenvalue weighted by Gasteiger charge is 2.13. The molecule has 0 spiro atoms. The summed E-state index contributed by atoms with van der Waals surface area (Å²) < 4.78 is 1.88. The summed E-state index contributed by atoms with van der Waals surface area (Å²) in [6.45, 7) is 2.83. The molecule has 1 atom stereocenters. The summed E-state index contributed by atoms with van der Waals surface area (Å²) in [7, 11) is 3.98. The smallest absolute Gasteiger partial charge is 0.252 e. The number of hydrogen-bond donors (Lipinski definition) is 1. The molecule has 1 rings (SSSR count). The van der Waals surface area contributed by atoms with E-state index in [9.17, 15) is 4.79 Å². The zero-order valence-corrected chi connectivity index (χ0v) is 13.9. The van der Waals surface area contributed by atoms with Gasteiger partial charge in [0.05, 0.1) is 5.56 Å². The van der Waals surface area contributed by atoms with Crippen LogP contribution < -0.4 is 5.32 Å². The number of amides is 1. The highest BCUT2D eigenvalue weighted by Crippen LogP contribution is 2.18. The Morgan fingerprint density at radius 3 is 2.76 bits per heavy atom. The van der Waals surface area contributed by atoms with Crippen molar-refractivity contribution in [2.45, 2.75) is 13.0 Å². The van der Waals surface area contributed by atoms with Crippen LogP contribution in [0.1, 0.15) is 17.3 Å². The Morgan fingerprint density at radius 2 is 2.18 bits per heavy atom. The maximum Gasteiger partial charge on any atom is 0.252 e. The Kier molecular flexibility index (Phi) is 5.88. The Bertz CT molecular complexity index is 409. The van der Waals surface area contributed by atoms with E-state index in [2.05, 4.69) is 48.7 Å². The average Bonchev–Trinajstić information content (AvgIpc) is 2.20. The third-order valence-corrected chi connectivity index (χ3v) is 3.62. The molecule has 17 heavy (non-hydrogen) atoms. The molecule has 0 aliphatic carbocycles. The summed E-state index contributed by atoms with van der Waals surface area (Å²) in [5.74, 6) is -0.0231. The number of halogens is 2. The second-order valence-electron chi connectivity index (χ2n) is 4.26. The molecule has 1 aromatic carbocycles. The van der Waals surface area contributed by atoms with Gasteiger partial charge >= 0.3 is 0 Å². The molecule has 1 N–H and O–H groups in total. The molecule has 0 aliphatic heterocycles. The summed E-state index contributed by atoms with van der Waals surface area (Å²) in [6, 6.07) is 5.84. The predicted octanol–water partition coefficient (Wildman–Crippen LogP) is 2.73. The van der Waals surface area contributed by atoms with Gasteiger partial charge in [0.1, 0.15) is 0 Å². The molecule has 3 nitrogen and oxygen atoms in total. The number of benzene rings is 1. The molecule has 0 radical (unpaired) electrons. The second-order valence-corrected chi connectivity index (χ2v) is 6.34. The summed E-state index contributed by atoms with van der Waals surface area (Å²) in [6.07, 6.45) is 0. The van der Waals surface area contributed by atoms with Gasteiger partial charge in [-0.15, -0.1) is 0 Å². The molecule has 1 amide bonds. The third kappa shape index (κ3) is 4.93. The normalized spacial score (nSPS) is 12.6. The standard InChI is InChI=1S/C12H16BrIN2O/c1-8(7-16(2)3)15-12(17)10-6-9(13)4-5-11(10)14/h4-6,8H,7H2,1-3H3,(H,15,17). The fourth-order valence-corrected chi connectivity index (χ4v) is 2.51. The van der Waals surface area contributed by atoms with Crippen molar-refractivity contribution in [3.05, 3.63) is 31.8 Å². The molecule has 1 aromatic rings. The Labute approximate surface area is 124 Å². The number of carbonyl (C=O) groups excluding carboxylic acids is 1. The summed E-state index contributed by atoms with van der Waals surface area (Å²) in [5, 5.41) is 2.99. The van der Waals surface area contributed by atoms with Gasteiger partial charge < -0.3 is 10.2 Å². The number of nitrogens with zero attached hydrogens (tertiary/aromatic N) is 1. The van der Waals surface area contributed by atoms with Crippen molar-refractivity contribution < 1.29 is 4.79 Å². The van der Waals surface area contributed by atoms with Gasteiger partial charge in [0.2, 0.25) is 0 Å². The van der Waals surface area contributed by atoms with Gasteiger partial charge in [-0.2, -0.15) is 0 Å². The lowest BCUT2D eigenvalue weighted by molar-refractivity contribution is 0.0933. The van der Waals surface area contributed by atoms with Crippen molar-refractivity contribution >= 4 is 44.4 Å². The van der Waals surface area contributed by atoms with Gasteiger partial charge in [0.25, 0.3) is 5.91 Å². The van der Waals surface area contributed by atoms with E-state index in [1.807, 2.05) is 39.2 Å². The molecule has 5 heteroatoms. The van der Waals surface area contributed by atoms with Crippen LogP contribution in [0.2, 0.25) is 0 Å². The molecular weight excluding hydrogens is 395 g/mol. The van der Waals surface area contributed by atoms with E-state index in [0.29, 0.717) is 5.56 Å². The van der Waals surface area contributed by atoms with Crippen LogP contribution in [0.15, 0.2) is 22.7 Å². The summed E-state index contributed by atoms with van der Waals surface area (Å²) >= 11 is 5.55. The molecule has 0 heterocycles. The van der Waals surface area contributed by atoms with Crippen LogP contribution in [-0.4, -0.2) is 37.5 Å². The van der Waals surface area contributed by atoms with Crippen molar-refractivity contribution in [2.24, 2.45) is 0 Å². The number of nitrogens with one attached hydrogen (secondary N) is 1. The molecule has 94 valence electrons. The molecule has 0 aromatic heterocycles. The van der Waals surface area contributed by atoms with Gasteiger partial charge in [-0.1, -0.05) is 15.9 Å². The van der Waals surface area contributed by atoms with Crippen LogP contribution in [0.4, 0.5) is 0 Å². The highest BCUT2D eigenvalue weighted by atomic mass is 127. The van der Waals surface area contributed by atoms with Crippen molar-refractivity contribution in [1.29, 1.82) is 0 Å². The first-order valence-corrected chi connectivity index (χ1v) is 7.18. The molecule has 0 saturated carbocycles. The lowest BCUT2D eigenvalue weighted by Crippen LogP contribution is -2.39. The first-order valence-electron chi connectivity index (χ1n) is 5.31. The van der Waals surface area contributed by atoms with Crippen LogP contribution in [-0.2, 0) is 0 Å². The molecule has 0 saturated heterocycles. The number of rotatable bonds is 4. The Balaban J connectivity index is 2.73. The van der Waals surface area contributed by atoms with Gasteiger partial charge in [-0.05, 0) is 61.8 Å². The van der Waals surface area contributed by atoms with Crippen LogP contribution >= 0.6 is 38.5 Å². The van der Waals surface area contributed by atoms with E-state index in [1.54, 1.807) is 0 Å². The second kappa shape index (κ2) is 6.70. The molecule has 1 unspecified atom stereocenters. The number of carbonyl (C=O) groups is 1. The maximum absolute atomic E-state index is 12.1. The van der Waals surface area contributed by atoms with Crippen molar-refractivity contribution in [2.75, 3.05) is 20.6 Å². The van der Waals surface area contributed by atoms with Crippen molar-refractivity contribution in [1.82, 2.24) is 10.2 Å². The van der Waals surface area contributed by atoms with Crippen LogP contribution in [0, 0.1) is 3.57 Å². The Morgan fingerprint density at radius 1 is 1.53 bits per heavy atom. The van der Waals surface area contributed by atoms with Crippen LogP contribution in [0.25, 0.3) is 0 Å². The zero-order valence-electron chi connectivity index (χ0n) is 10.1. The van der Waals surface area contributed by atoms with E-state index >= 15 is 0 Å². The van der Waals surface area contributed by atoms with Gasteiger partial charge in [-0.3, -0.25) is 4.79 Å². The topological polar surface area (TPSA) is 32.3 Å². The van der Waals surface area contributed by atoms with Crippen molar-refractivity contribution in [3.8, 4) is 0 Å². The monoisotopic (exact) mass is 410 g/mol. The Hall–Kier alpha value is -0.140. The fraction of sp³-hybridized carbons (Fsp3) is 0.417.